The lowest BCUT2D eigenvalue weighted by Gasteiger charge is -1.97. The van der Waals surface area contributed by atoms with Crippen molar-refractivity contribution in [2.24, 2.45) is 0 Å². The van der Waals surface area contributed by atoms with E-state index >= 15 is 0 Å². The van der Waals surface area contributed by atoms with Gasteiger partial charge in [0, 0.05) is 6.54 Å². The average molecular weight is 194 g/mol. The maximum Gasteiger partial charge on any atom is 0.113 e. The summed E-state index contributed by atoms with van der Waals surface area (Å²) in [5, 5.41) is 2.88. The van der Waals surface area contributed by atoms with Gasteiger partial charge in [0.05, 0.1) is 13.2 Å². The third-order valence-electron chi connectivity index (χ3n) is 0.718. The van der Waals surface area contributed by atoms with Gasteiger partial charge in [-0.15, -0.1) is 24.8 Å². The lowest BCUT2D eigenvalue weighted by molar-refractivity contribution is 0.122. The second-order valence-electron chi connectivity index (χ2n) is 1.40. The summed E-state index contributed by atoms with van der Waals surface area (Å²) < 4.78 is 16.1. The molecule has 0 atom stereocenters. The summed E-state index contributed by atoms with van der Waals surface area (Å²) in [5.74, 6) is 0. The highest BCUT2D eigenvalue weighted by Gasteiger charge is 1.82. The average Bonchev–Trinajstić information content (AvgIpc) is 1.81. The van der Waals surface area contributed by atoms with Crippen LogP contribution in [0.4, 0.5) is 4.39 Å². The van der Waals surface area contributed by atoms with E-state index < -0.39 is 0 Å². The molecule has 66 valence electrons. The van der Waals surface area contributed by atoms with Crippen molar-refractivity contribution >= 4 is 24.8 Å². The van der Waals surface area contributed by atoms with Gasteiger partial charge in [-0.05, 0) is 7.05 Å². The Morgan fingerprint density at radius 1 is 1.30 bits per heavy atom. The highest BCUT2D eigenvalue weighted by Crippen LogP contribution is 1.72. The minimum Gasteiger partial charge on any atom is -0.377 e. The zero-order valence-corrected chi connectivity index (χ0v) is 7.56. The molecule has 1 N–H and O–H groups in total. The Labute approximate surface area is 73.3 Å². The van der Waals surface area contributed by atoms with Crippen molar-refractivity contribution in [3.8, 4) is 0 Å². The number of hydrogen-bond donors (Lipinski definition) is 1. The maximum absolute atomic E-state index is 11.3. The molecule has 0 aromatic rings. The van der Waals surface area contributed by atoms with Crippen molar-refractivity contribution in [1.29, 1.82) is 0 Å². The first-order valence-electron chi connectivity index (χ1n) is 2.70. The standard InChI is InChI=1S/C5H12FNO.2ClH/c1-7-3-5-8-4-2-6;;/h7H,2-5H2,1H3;2*1H. The Morgan fingerprint density at radius 2 is 1.90 bits per heavy atom. The van der Waals surface area contributed by atoms with Crippen LogP contribution in [0.2, 0.25) is 0 Å². The largest absolute Gasteiger partial charge is 0.377 e. The monoisotopic (exact) mass is 193 g/mol. The van der Waals surface area contributed by atoms with Crippen molar-refractivity contribution in [3.63, 3.8) is 0 Å². The fourth-order valence-corrected chi connectivity index (χ4v) is 0.331. The fraction of sp³-hybridized carbons (Fsp3) is 1.00. The predicted octanol–water partition coefficient (Wildman–Crippen LogP) is 1.04. The number of alkyl halides is 1. The summed E-state index contributed by atoms with van der Waals surface area (Å²) in [6.07, 6.45) is 0. The lowest BCUT2D eigenvalue weighted by atomic mass is 10.7. The predicted molar refractivity (Wildman–Crippen MR) is 45.2 cm³/mol. The van der Waals surface area contributed by atoms with E-state index in [0.29, 0.717) is 6.61 Å². The smallest absolute Gasteiger partial charge is 0.113 e. The van der Waals surface area contributed by atoms with Crippen molar-refractivity contribution in [3.05, 3.63) is 0 Å². The second-order valence-corrected chi connectivity index (χ2v) is 1.40. The molecule has 0 bridgehead atoms. The van der Waals surface area contributed by atoms with Gasteiger partial charge >= 0.3 is 0 Å². The van der Waals surface area contributed by atoms with Gasteiger partial charge in [0.15, 0.2) is 0 Å². The Morgan fingerprint density at radius 3 is 2.30 bits per heavy atom. The molecule has 0 aliphatic heterocycles. The number of halogens is 3. The van der Waals surface area contributed by atoms with E-state index in [-0.39, 0.29) is 38.1 Å². The molecule has 0 saturated carbocycles. The number of ether oxygens (including phenoxy) is 1. The van der Waals surface area contributed by atoms with Gasteiger partial charge in [-0.3, -0.25) is 0 Å². The topological polar surface area (TPSA) is 21.3 Å². The minimum absolute atomic E-state index is 0. The molecule has 0 aromatic heterocycles. The minimum atomic E-state index is -0.385. The van der Waals surface area contributed by atoms with Crippen LogP contribution >= 0.6 is 24.8 Å². The van der Waals surface area contributed by atoms with E-state index in [1.807, 2.05) is 7.05 Å². The van der Waals surface area contributed by atoms with E-state index in [0.717, 1.165) is 6.54 Å². The Kier molecular flexibility index (Phi) is 27.2. The number of nitrogens with one attached hydrogen (secondary N) is 1. The first-order chi connectivity index (χ1) is 3.91. The third kappa shape index (κ3) is 15.8. The van der Waals surface area contributed by atoms with Crippen molar-refractivity contribution in [2.75, 3.05) is 33.5 Å². The van der Waals surface area contributed by atoms with Gasteiger partial charge < -0.3 is 10.1 Å². The summed E-state index contributed by atoms with van der Waals surface area (Å²) in [6, 6.07) is 0. The molecule has 2 nitrogen and oxygen atoms in total. The van der Waals surface area contributed by atoms with Crippen LogP contribution in [0.25, 0.3) is 0 Å². The lowest BCUT2D eigenvalue weighted by Crippen LogP contribution is -2.14. The molecule has 0 amide bonds. The molecular formula is C5H14Cl2FNO. The molecule has 5 heteroatoms. The van der Waals surface area contributed by atoms with Crippen LogP contribution in [-0.2, 0) is 4.74 Å². The van der Waals surface area contributed by atoms with E-state index in [9.17, 15) is 4.39 Å². The van der Waals surface area contributed by atoms with Crippen LogP contribution in [-0.4, -0.2) is 33.5 Å². The van der Waals surface area contributed by atoms with E-state index in [1.165, 1.54) is 0 Å². The molecule has 0 heterocycles. The zero-order chi connectivity index (χ0) is 6.24. The molecule has 0 rings (SSSR count). The van der Waals surface area contributed by atoms with Gasteiger partial charge in [-0.1, -0.05) is 0 Å². The van der Waals surface area contributed by atoms with Crippen molar-refractivity contribution in [1.82, 2.24) is 5.32 Å². The molecule has 0 unspecified atom stereocenters. The molecule has 0 spiro atoms. The molecule has 0 aliphatic rings. The van der Waals surface area contributed by atoms with Gasteiger partial charge in [0.1, 0.15) is 6.67 Å². The number of rotatable bonds is 5. The number of hydrogen-bond acceptors (Lipinski definition) is 2. The van der Waals surface area contributed by atoms with Gasteiger partial charge in [-0.25, -0.2) is 4.39 Å². The summed E-state index contributed by atoms with van der Waals surface area (Å²) in [7, 11) is 1.83. The van der Waals surface area contributed by atoms with Crippen molar-refractivity contribution in [2.45, 2.75) is 0 Å². The van der Waals surface area contributed by atoms with Crippen LogP contribution in [0.15, 0.2) is 0 Å². The van der Waals surface area contributed by atoms with E-state index in [4.69, 9.17) is 4.74 Å². The van der Waals surface area contributed by atoms with Crippen molar-refractivity contribution < 1.29 is 9.13 Å². The van der Waals surface area contributed by atoms with Gasteiger partial charge in [0.25, 0.3) is 0 Å². The summed E-state index contributed by atoms with van der Waals surface area (Å²) in [5.41, 5.74) is 0. The summed E-state index contributed by atoms with van der Waals surface area (Å²) in [6.45, 7) is 1.23. The number of likely N-dealkylation sites (N-methyl/N-ethyl adjacent to an activating group) is 1. The van der Waals surface area contributed by atoms with Crippen LogP contribution in [0, 0.1) is 0 Å². The fourth-order valence-electron chi connectivity index (χ4n) is 0.331. The molecule has 0 aromatic carbocycles. The van der Waals surface area contributed by atoms with Crippen LogP contribution in [0.5, 0.6) is 0 Å². The molecule has 0 saturated heterocycles. The highest BCUT2D eigenvalue weighted by molar-refractivity contribution is 5.85. The quantitative estimate of drug-likeness (QED) is 0.660. The van der Waals surface area contributed by atoms with E-state index in [1.54, 1.807) is 0 Å². The highest BCUT2D eigenvalue weighted by atomic mass is 35.5. The summed E-state index contributed by atoms with van der Waals surface area (Å²) >= 11 is 0. The SMILES string of the molecule is CNCCOCCF.Cl.Cl. The Hall–Kier alpha value is 0.430. The van der Waals surface area contributed by atoms with Gasteiger partial charge in [-0.2, -0.15) is 0 Å². The zero-order valence-electron chi connectivity index (χ0n) is 5.93. The molecule has 0 aliphatic carbocycles. The summed E-state index contributed by atoms with van der Waals surface area (Å²) in [4.78, 5) is 0. The molecular weight excluding hydrogens is 180 g/mol. The maximum atomic E-state index is 11.3. The molecule has 10 heavy (non-hydrogen) atoms. The molecule has 0 fully saturated rings. The van der Waals surface area contributed by atoms with E-state index in [2.05, 4.69) is 5.32 Å². The first kappa shape index (κ1) is 16.8. The Bertz CT molecular complexity index is 44.6. The third-order valence-corrected chi connectivity index (χ3v) is 0.718. The second kappa shape index (κ2) is 16.2. The Balaban J connectivity index is -0.000000245. The normalized spacial score (nSPS) is 7.80. The van der Waals surface area contributed by atoms with Crippen LogP contribution < -0.4 is 5.32 Å². The van der Waals surface area contributed by atoms with Crippen LogP contribution in [0.3, 0.4) is 0 Å². The van der Waals surface area contributed by atoms with Gasteiger partial charge in [0.2, 0.25) is 0 Å². The van der Waals surface area contributed by atoms with Crippen LogP contribution in [0.1, 0.15) is 0 Å². The molecule has 0 radical (unpaired) electrons. The first-order valence-corrected chi connectivity index (χ1v) is 2.70.